The van der Waals surface area contributed by atoms with E-state index in [0.717, 1.165) is 15.8 Å². The Morgan fingerprint density at radius 3 is 2.68 bits per heavy atom. The summed E-state index contributed by atoms with van der Waals surface area (Å²) in [7, 11) is 0. The molecule has 1 amide bonds. The van der Waals surface area contributed by atoms with Crippen molar-refractivity contribution in [1.82, 2.24) is 5.32 Å². The number of benzene rings is 1. The van der Waals surface area contributed by atoms with Crippen molar-refractivity contribution in [2.24, 2.45) is 5.92 Å². The van der Waals surface area contributed by atoms with Gasteiger partial charge in [0.25, 0.3) is 0 Å². The molecule has 0 heterocycles. The molecule has 0 saturated heterocycles. The fourth-order valence-corrected chi connectivity index (χ4v) is 3.43. The third-order valence-electron chi connectivity index (χ3n) is 3.64. The number of amides is 1. The summed E-state index contributed by atoms with van der Waals surface area (Å²) < 4.78 is 1.07. The van der Waals surface area contributed by atoms with Gasteiger partial charge in [0.1, 0.15) is 0 Å². The Morgan fingerprint density at radius 1 is 1.32 bits per heavy atom. The second-order valence-corrected chi connectivity index (χ2v) is 7.14. The maximum Gasteiger partial charge on any atom is 0.230 e. The summed E-state index contributed by atoms with van der Waals surface area (Å²) in [5.41, 5.74) is 0. The summed E-state index contributed by atoms with van der Waals surface area (Å²) in [6.45, 7) is 2.24. The van der Waals surface area contributed by atoms with E-state index in [1.807, 2.05) is 24.3 Å². The largest absolute Gasteiger partial charge is 0.352 e. The Morgan fingerprint density at radius 2 is 2.00 bits per heavy atom. The van der Waals surface area contributed by atoms with E-state index in [4.69, 9.17) is 0 Å². The van der Waals surface area contributed by atoms with Gasteiger partial charge in [0.05, 0.1) is 5.75 Å². The van der Waals surface area contributed by atoms with E-state index in [1.54, 1.807) is 11.8 Å². The molecule has 1 aliphatic rings. The number of carbonyl (C=O) groups is 1. The van der Waals surface area contributed by atoms with E-state index in [2.05, 4.69) is 28.2 Å². The average Bonchev–Trinajstić information content (AvgIpc) is 2.41. The summed E-state index contributed by atoms with van der Waals surface area (Å²) in [6.07, 6.45) is 4.93. The van der Waals surface area contributed by atoms with Crippen LogP contribution in [-0.4, -0.2) is 17.7 Å². The Hall–Kier alpha value is -0.480. The normalized spacial score (nSPS) is 23.1. The van der Waals surface area contributed by atoms with Gasteiger partial charge in [-0.25, -0.2) is 0 Å². The highest BCUT2D eigenvalue weighted by Crippen LogP contribution is 2.24. The Labute approximate surface area is 127 Å². The molecule has 1 aromatic carbocycles. The first kappa shape index (κ1) is 14.9. The van der Waals surface area contributed by atoms with Gasteiger partial charge in [0, 0.05) is 15.4 Å². The smallest absolute Gasteiger partial charge is 0.230 e. The van der Waals surface area contributed by atoms with Crippen LogP contribution in [0.4, 0.5) is 0 Å². The molecule has 104 valence electrons. The predicted octanol–water partition coefficient (Wildman–Crippen LogP) is 4.24. The molecule has 2 atom stereocenters. The number of nitrogens with one attached hydrogen (secondary N) is 1. The quantitative estimate of drug-likeness (QED) is 0.830. The fourth-order valence-electron chi connectivity index (χ4n) is 2.46. The molecule has 0 radical (unpaired) electrons. The van der Waals surface area contributed by atoms with Crippen LogP contribution in [-0.2, 0) is 4.79 Å². The van der Waals surface area contributed by atoms with Crippen molar-refractivity contribution in [2.75, 3.05) is 5.75 Å². The molecule has 0 spiro atoms. The summed E-state index contributed by atoms with van der Waals surface area (Å²) in [5, 5.41) is 3.18. The first-order chi connectivity index (χ1) is 9.15. The highest BCUT2D eigenvalue weighted by molar-refractivity contribution is 9.10. The van der Waals surface area contributed by atoms with Crippen LogP contribution in [0.2, 0.25) is 0 Å². The molecule has 1 aliphatic carbocycles. The number of carbonyl (C=O) groups excluding carboxylic acids is 1. The highest BCUT2D eigenvalue weighted by Gasteiger charge is 2.22. The zero-order valence-electron chi connectivity index (χ0n) is 11.2. The molecule has 1 aromatic rings. The molecule has 1 saturated carbocycles. The van der Waals surface area contributed by atoms with Gasteiger partial charge in [-0.2, -0.15) is 0 Å². The molecule has 4 heteroatoms. The van der Waals surface area contributed by atoms with Gasteiger partial charge < -0.3 is 5.32 Å². The summed E-state index contributed by atoms with van der Waals surface area (Å²) >= 11 is 5.00. The number of hydrogen-bond acceptors (Lipinski definition) is 2. The van der Waals surface area contributed by atoms with E-state index in [9.17, 15) is 4.79 Å². The van der Waals surface area contributed by atoms with Gasteiger partial charge in [-0.15, -0.1) is 11.8 Å². The van der Waals surface area contributed by atoms with Crippen molar-refractivity contribution in [3.8, 4) is 0 Å². The monoisotopic (exact) mass is 341 g/mol. The number of rotatable bonds is 4. The topological polar surface area (TPSA) is 29.1 Å². The number of thioether (sulfide) groups is 1. The van der Waals surface area contributed by atoms with Crippen molar-refractivity contribution in [1.29, 1.82) is 0 Å². The highest BCUT2D eigenvalue weighted by atomic mass is 79.9. The molecule has 0 bridgehead atoms. The van der Waals surface area contributed by atoms with Gasteiger partial charge in [-0.1, -0.05) is 35.7 Å². The number of halogens is 1. The van der Waals surface area contributed by atoms with E-state index >= 15 is 0 Å². The van der Waals surface area contributed by atoms with Crippen LogP contribution in [0.15, 0.2) is 33.6 Å². The van der Waals surface area contributed by atoms with Crippen LogP contribution in [0.5, 0.6) is 0 Å². The second-order valence-electron chi connectivity index (χ2n) is 5.18. The molecule has 0 aliphatic heterocycles. The molecular formula is C15H20BrNOS. The zero-order chi connectivity index (χ0) is 13.7. The summed E-state index contributed by atoms with van der Waals surface area (Å²) in [4.78, 5) is 13.1. The van der Waals surface area contributed by atoms with Gasteiger partial charge >= 0.3 is 0 Å². The third-order valence-corrected chi connectivity index (χ3v) is 5.18. The molecule has 1 fully saturated rings. The van der Waals surface area contributed by atoms with E-state index in [0.29, 0.717) is 17.7 Å². The molecular weight excluding hydrogens is 322 g/mol. The van der Waals surface area contributed by atoms with Crippen molar-refractivity contribution in [3.05, 3.63) is 28.7 Å². The standard InChI is InChI=1S/C15H20BrNOS/c1-11-4-2-3-5-14(11)17-15(18)10-19-13-8-6-12(16)7-9-13/h6-9,11,14H,2-5,10H2,1H3,(H,17,18)/t11-,14+/m1/s1. The molecule has 0 aromatic heterocycles. The van der Waals surface area contributed by atoms with Crippen LogP contribution >= 0.6 is 27.7 Å². The van der Waals surface area contributed by atoms with Crippen LogP contribution in [0, 0.1) is 5.92 Å². The van der Waals surface area contributed by atoms with Gasteiger partial charge in [0.15, 0.2) is 0 Å². The minimum atomic E-state index is 0.159. The Bertz CT molecular complexity index is 421. The maximum absolute atomic E-state index is 12.0. The maximum atomic E-state index is 12.0. The van der Waals surface area contributed by atoms with Gasteiger partial charge in [-0.05, 0) is 43.0 Å². The van der Waals surface area contributed by atoms with Crippen LogP contribution in [0.3, 0.4) is 0 Å². The molecule has 0 unspecified atom stereocenters. The minimum absolute atomic E-state index is 0.159. The lowest BCUT2D eigenvalue weighted by Crippen LogP contribution is -2.41. The third kappa shape index (κ3) is 4.84. The first-order valence-electron chi connectivity index (χ1n) is 6.83. The number of hydrogen-bond donors (Lipinski definition) is 1. The predicted molar refractivity (Wildman–Crippen MR) is 84.4 cm³/mol. The van der Waals surface area contributed by atoms with Gasteiger partial charge in [-0.3, -0.25) is 4.79 Å². The molecule has 1 N–H and O–H groups in total. The fraction of sp³-hybridized carbons (Fsp3) is 0.533. The van der Waals surface area contributed by atoms with E-state index in [-0.39, 0.29) is 5.91 Å². The summed E-state index contributed by atoms with van der Waals surface area (Å²) in [6, 6.07) is 8.45. The minimum Gasteiger partial charge on any atom is -0.352 e. The van der Waals surface area contributed by atoms with Crippen molar-refractivity contribution in [2.45, 2.75) is 43.5 Å². The van der Waals surface area contributed by atoms with E-state index < -0.39 is 0 Å². The molecule has 2 rings (SSSR count). The van der Waals surface area contributed by atoms with Crippen LogP contribution < -0.4 is 5.32 Å². The average molecular weight is 342 g/mol. The zero-order valence-corrected chi connectivity index (χ0v) is 13.6. The molecule has 19 heavy (non-hydrogen) atoms. The van der Waals surface area contributed by atoms with Crippen LogP contribution in [0.25, 0.3) is 0 Å². The first-order valence-corrected chi connectivity index (χ1v) is 8.61. The van der Waals surface area contributed by atoms with Crippen LogP contribution in [0.1, 0.15) is 32.6 Å². The van der Waals surface area contributed by atoms with Crippen molar-refractivity contribution >= 4 is 33.6 Å². The lowest BCUT2D eigenvalue weighted by atomic mass is 9.86. The lowest BCUT2D eigenvalue weighted by Gasteiger charge is -2.29. The summed E-state index contributed by atoms with van der Waals surface area (Å²) in [5.74, 6) is 1.28. The molecule has 2 nitrogen and oxygen atoms in total. The van der Waals surface area contributed by atoms with Crippen molar-refractivity contribution in [3.63, 3.8) is 0 Å². The Kier molecular flexibility index (Phi) is 5.76. The van der Waals surface area contributed by atoms with Gasteiger partial charge in [0.2, 0.25) is 5.91 Å². The Balaban J connectivity index is 1.76. The lowest BCUT2D eigenvalue weighted by molar-refractivity contribution is -0.119. The second kappa shape index (κ2) is 7.34. The van der Waals surface area contributed by atoms with E-state index in [1.165, 1.54) is 19.3 Å². The SMILES string of the molecule is C[C@@H]1CCCC[C@@H]1NC(=O)CSc1ccc(Br)cc1. The van der Waals surface area contributed by atoms with Crippen molar-refractivity contribution < 1.29 is 4.79 Å².